The van der Waals surface area contributed by atoms with E-state index in [9.17, 15) is 28.8 Å². The fourth-order valence-corrected chi connectivity index (χ4v) is 9.29. The zero-order valence-corrected chi connectivity index (χ0v) is 34.0. The average molecular weight is 780 g/mol. The van der Waals surface area contributed by atoms with Crippen LogP contribution in [0.15, 0.2) is 23.3 Å². The second-order valence-corrected chi connectivity index (χ2v) is 16.0. The maximum Gasteiger partial charge on any atom is 0.308 e. The maximum atomic E-state index is 16.1. The summed E-state index contributed by atoms with van der Waals surface area (Å²) in [5.41, 5.74) is 0.532. The molecule has 14 nitrogen and oxygen atoms in total. The number of Topliss-reactive ketones (excluding diaryl/α,β-unsaturated/α-hetero) is 2. The molecule has 1 N–H and O–H groups in total. The van der Waals surface area contributed by atoms with Crippen LogP contribution in [0.4, 0.5) is 0 Å². The Labute approximate surface area is 327 Å². The van der Waals surface area contributed by atoms with Crippen LogP contribution in [0, 0.1) is 41.9 Å². The topological polar surface area (TPSA) is 187 Å². The zero-order valence-electron chi connectivity index (χ0n) is 34.0. The molecular weight excluding hydrogens is 726 g/mol. The fraction of sp³-hybridized carbons (Fsp3) is 0.595. The molecule has 2 aliphatic heterocycles. The number of esters is 4. The van der Waals surface area contributed by atoms with Crippen LogP contribution in [-0.2, 0) is 47.8 Å². The molecule has 1 saturated heterocycles. The van der Waals surface area contributed by atoms with Crippen LogP contribution in [-0.4, -0.2) is 60.6 Å². The lowest BCUT2D eigenvalue weighted by Crippen LogP contribution is -2.55. The van der Waals surface area contributed by atoms with E-state index >= 15 is 4.79 Å². The quantitative estimate of drug-likeness (QED) is 0.148. The average Bonchev–Trinajstić information content (AvgIpc) is 3.61. The lowest BCUT2D eigenvalue weighted by molar-refractivity contribution is -0.173. The Kier molecular flexibility index (Phi) is 12.4. The van der Waals surface area contributed by atoms with Gasteiger partial charge in [-0.2, -0.15) is 0 Å². The molecule has 1 amide bonds. The first kappa shape index (κ1) is 42.5. The molecule has 1 fully saturated rings. The van der Waals surface area contributed by atoms with Crippen LogP contribution in [0.5, 0.6) is 17.2 Å². The minimum Gasteiger partial charge on any atom is -0.455 e. The van der Waals surface area contributed by atoms with Gasteiger partial charge in [-0.3, -0.25) is 33.6 Å². The number of fused-ring (bicyclic) bond motifs is 1. The van der Waals surface area contributed by atoms with E-state index in [-0.39, 0.29) is 52.5 Å². The molecule has 5 rings (SSSR count). The highest BCUT2D eigenvalue weighted by Crippen LogP contribution is 2.61. The van der Waals surface area contributed by atoms with E-state index in [1.807, 2.05) is 46.8 Å². The molecule has 14 heteroatoms. The van der Waals surface area contributed by atoms with E-state index in [2.05, 4.69) is 5.32 Å². The van der Waals surface area contributed by atoms with Crippen molar-refractivity contribution in [3.8, 4) is 17.2 Å². The number of hydrogen-bond acceptors (Lipinski definition) is 13. The van der Waals surface area contributed by atoms with Gasteiger partial charge in [0.25, 0.3) is 0 Å². The van der Waals surface area contributed by atoms with Crippen molar-refractivity contribution < 1.29 is 62.0 Å². The number of methoxy groups -OCH3 is 1. The van der Waals surface area contributed by atoms with Gasteiger partial charge in [-0.1, -0.05) is 44.1 Å². The summed E-state index contributed by atoms with van der Waals surface area (Å²) in [6.45, 7) is 16.0. The Morgan fingerprint density at radius 1 is 0.875 bits per heavy atom. The zero-order chi connectivity index (χ0) is 41.5. The number of ketones is 2. The normalized spacial score (nSPS) is 30.2. The van der Waals surface area contributed by atoms with Crippen molar-refractivity contribution in [1.82, 2.24) is 5.32 Å². The molecule has 9 atom stereocenters. The van der Waals surface area contributed by atoms with Crippen LogP contribution < -0.4 is 19.5 Å². The first-order valence-electron chi connectivity index (χ1n) is 19.1. The SMILES string of the molecule is COC1OC(C2CC(=O)C(OC(C)=O)CCC(C)=CC3C=C(C)C(C)C4C(CC(C)C)NC(=O)C34C2=O)c2c(OC(C)=O)c(OC(C)=O)c(OC(C)=O)c(C)c21. The molecular formula is C42H53NO13. The third kappa shape index (κ3) is 7.69. The fourth-order valence-electron chi connectivity index (χ4n) is 9.29. The van der Waals surface area contributed by atoms with Gasteiger partial charge in [0.15, 0.2) is 35.5 Å². The molecule has 56 heavy (non-hydrogen) atoms. The summed E-state index contributed by atoms with van der Waals surface area (Å²) in [6, 6.07) is -0.388. The molecule has 0 radical (unpaired) electrons. The molecule has 9 unspecified atom stereocenters. The van der Waals surface area contributed by atoms with Gasteiger partial charge in [-0.25, -0.2) is 0 Å². The predicted octanol–water partition coefficient (Wildman–Crippen LogP) is 5.66. The van der Waals surface area contributed by atoms with E-state index in [0.717, 1.165) is 31.9 Å². The van der Waals surface area contributed by atoms with Crippen LogP contribution in [0.25, 0.3) is 0 Å². The van der Waals surface area contributed by atoms with E-state index in [1.54, 1.807) is 6.92 Å². The van der Waals surface area contributed by atoms with Crippen molar-refractivity contribution in [2.24, 2.45) is 35.0 Å². The minimum absolute atomic E-state index is 0.0331. The van der Waals surface area contributed by atoms with Crippen LogP contribution in [0.1, 0.15) is 117 Å². The van der Waals surface area contributed by atoms with Gasteiger partial charge in [0.2, 0.25) is 11.7 Å². The number of nitrogens with one attached hydrogen (secondary N) is 1. The van der Waals surface area contributed by atoms with Crippen molar-refractivity contribution in [3.63, 3.8) is 0 Å². The van der Waals surface area contributed by atoms with Crippen molar-refractivity contribution in [3.05, 3.63) is 40.0 Å². The van der Waals surface area contributed by atoms with Gasteiger partial charge in [-0.05, 0) is 51.9 Å². The third-order valence-electron chi connectivity index (χ3n) is 11.5. The smallest absolute Gasteiger partial charge is 0.308 e. The van der Waals surface area contributed by atoms with Gasteiger partial charge in [0.1, 0.15) is 11.5 Å². The van der Waals surface area contributed by atoms with Crippen LogP contribution in [0.2, 0.25) is 0 Å². The van der Waals surface area contributed by atoms with Crippen molar-refractivity contribution in [1.29, 1.82) is 0 Å². The molecule has 2 heterocycles. The molecule has 0 bridgehead atoms. The van der Waals surface area contributed by atoms with E-state index in [4.69, 9.17) is 28.4 Å². The maximum absolute atomic E-state index is 16.1. The third-order valence-corrected chi connectivity index (χ3v) is 11.5. The van der Waals surface area contributed by atoms with Gasteiger partial charge in [-0.15, -0.1) is 0 Å². The van der Waals surface area contributed by atoms with Crippen LogP contribution >= 0.6 is 0 Å². The number of carbonyl (C=O) groups is 7. The van der Waals surface area contributed by atoms with Crippen molar-refractivity contribution >= 4 is 41.4 Å². The number of rotatable bonds is 8. The number of carbonyl (C=O) groups excluding carboxylic acids is 7. The Bertz CT molecular complexity index is 1910. The number of benzene rings is 1. The molecule has 0 saturated carbocycles. The highest BCUT2D eigenvalue weighted by atomic mass is 16.7. The number of amides is 1. The second-order valence-electron chi connectivity index (χ2n) is 16.0. The largest absolute Gasteiger partial charge is 0.455 e. The molecule has 1 spiro atoms. The summed E-state index contributed by atoms with van der Waals surface area (Å²) >= 11 is 0. The summed E-state index contributed by atoms with van der Waals surface area (Å²) in [6.07, 6.45) is 0.395. The Hall–Kier alpha value is -4.69. The van der Waals surface area contributed by atoms with E-state index in [0.29, 0.717) is 12.8 Å². The molecule has 1 aromatic carbocycles. The van der Waals surface area contributed by atoms with Gasteiger partial charge in [0.05, 0.1) is 5.92 Å². The predicted molar refractivity (Wildman–Crippen MR) is 199 cm³/mol. The lowest BCUT2D eigenvalue weighted by Gasteiger charge is -2.46. The van der Waals surface area contributed by atoms with Gasteiger partial charge in [0, 0.05) is 75.8 Å². The Balaban J connectivity index is 1.88. The van der Waals surface area contributed by atoms with Gasteiger partial charge < -0.3 is 33.7 Å². The number of ether oxygens (including phenoxy) is 6. The van der Waals surface area contributed by atoms with E-state index < -0.39 is 95.2 Å². The molecule has 4 aliphatic rings. The standard InChI is InChI=1S/C42H53NO13/c1-18(2)14-29-34-21(5)20(4)16-27-15-19(3)12-13-31(52-23(7)44)30(48)17-28(39(49)42(27,34)41(50)43-29)36-33-32(40(51-11)56-36)22(6)35(53-24(8)45)38(55-26(10)47)37(33)54-25(9)46/h15-16,18,21,27-29,31,34,36,40H,12-14,17H2,1-11H3,(H,43,50). The monoisotopic (exact) mass is 779 g/mol. The Morgan fingerprint density at radius 3 is 2.05 bits per heavy atom. The minimum atomic E-state index is -1.73. The second kappa shape index (κ2) is 16.4. The Morgan fingerprint density at radius 2 is 1.48 bits per heavy atom. The summed E-state index contributed by atoms with van der Waals surface area (Å²) < 4.78 is 34.8. The lowest BCUT2D eigenvalue weighted by atomic mass is 9.53. The molecule has 304 valence electrons. The summed E-state index contributed by atoms with van der Waals surface area (Å²) in [7, 11) is 1.34. The molecule has 2 aliphatic carbocycles. The highest BCUT2D eigenvalue weighted by Gasteiger charge is 2.67. The summed E-state index contributed by atoms with van der Waals surface area (Å²) in [4.78, 5) is 95.6. The summed E-state index contributed by atoms with van der Waals surface area (Å²) in [5.74, 6) is -8.69. The van der Waals surface area contributed by atoms with Crippen molar-refractivity contribution in [2.75, 3.05) is 7.11 Å². The highest BCUT2D eigenvalue weighted by molar-refractivity contribution is 6.11. The molecule has 0 aromatic heterocycles. The number of hydrogen-bond donors (Lipinski definition) is 1. The molecule has 1 aromatic rings. The van der Waals surface area contributed by atoms with Gasteiger partial charge >= 0.3 is 23.9 Å². The van der Waals surface area contributed by atoms with E-state index in [1.165, 1.54) is 14.0 Å². The van der Waals surface area contributed by atoms with Crippen LogP contribution in [0.3, 0.4) is 0 Å². The summed E-state index contributed by atoms with van der Waals surface area (Å²) in [5, 5.41) is 3.20. The number of allylic oxidation sites excluding steroid dienone is 4. The van der Waals surface area contributed by atoms with Crippen molar-refractivity contribution in [2.45, 2.75) is 119 Å². The first-order chi connectivity index (χ1) is 26.2. The first-order valence-corrected chi connectivity index (χ1v) is 19.1.